The Labute approximate surface area is 219 Å². The van der Waals surface area contributed by atoms with Crippen molar-refractivity contribution in [1.29, 1.82) is 0 Å². The fourth-order valence-corrected chi connectivity index (χ4v) is 4.68. The first-order chi connectivity index (χ1) is 17.9. The molecule has 0 fully saturated rings. The Morgan fingerprint density at radius 1 is 1.00 bits per heavy atom. The molecule has 0 atom stereocenters. The van der Waals surface area contributed by atoms with E-state index in [-0.39, 0.29) is 23.0 Å². The van der Waals surface area contributed by atoms with Gasteiger partial charge in [0.2, 0.25) is 0 Å². The van der Waals surface area contributed by atoms with E-state index in [9.17, 15) is 14.4 Å². The number of ketones is 1. The summed E-state index contributed by atoms with van der Waals surface area (Å²) in [6.45, 7) is 4.77. The summed E-state index contributed by atoms with van der Waals surface area (Å²) in [6, 6.07) is 21.0. The van der Waals surface area contributed by atoms with Gasteiger partial charge in [-0.05, 0) is 54.8 Å². The van der Waals surface area contributed by atoms with Gasteiger partial charge in [-0.2, -0.15) is 0 Å². The van der Waals surface area contributed by atoms with Crippen LogP contribution >= 0.6 is 11.8 Å². The molecule has 190 valence electrons. The Hall–Kier alpha value is -3.91. The zero-order valence-electron chi connectivity index (χ0n) is 21.1. The molecule has 1 aromatic heterocycles. The van der Waals surface area contributed by atoms with Crippen LogP contribution < -0.4 is 15.6 Å². The van der Waals surface area contributed by atoms with Crippen LogP contribution in [-0.2, 0) is 0 Å². The number of aromatic nitrogens is 2. The van der Waals surface area contributed by atoms with Crippen LogP contribution in [0.5, 0.6) is 5.75 Å². The molecule has 4 rings (SSSR count). The smallest absolute Gasteiger partial charge is 0.266 e. The van der Waals surface area contributed by atoms with Gasteiger partial charge in [0.25, 0.3) is 11.5 Å². The highest BCUT2D eigenvalue weighted by Gasteiger charge is 2.17. The average molecular weight is 516 g/mol. The lowest BCUT2D eigenvalue weighted by atomic mass is 10.1. The van der Waals surface area contributed by atoms with Crippen molar-refractivity contribution in [3.05, 3.63) is 94.3 Å². The van der Waals surface area contributed by atoms with Crippen molar-refractivity contribution in [2.45, 2.75) is 25.4 Å². The second-order valence-electron chi connectivity index (χ2n) is 8.98. The number of hydrogen-bond donors (Lipinski definition) is 1. The monoisotopic (exact) mass is 515 g/mol. The van der Waals surface area contributed by atoms with Crippen molar-refractivity contribution in [2.75, 3.05) is 19.4 Å². The van der Waals surface area contributed by atoms with Gasteiger partial charge in [0.1, 0.15) is 5.75 Å². The molecule has 0 saturated carbocycles. The Morgan fingerprint density at radius 2 is 1.73 bits per heavy atom. The van der Waals surface area contributed by atoms with Crippen molar-refractivity contribution in [1.82, 2.24) is 14.9 Å². The highest BCUT2D eigenvalue weighted by molar-refractivity contribution is 7.99. The number of ether oxygens (including phenoxy) is 1. The average Bonchev–Trinajstić information content (AvgIpc) is 2.91. The van der Waals surface area contributed by atoms with Crippen molar-refractivity contribution >= 4 is 34.4 Å². The van der Waals surface area contributed by atoms with Crippen LogP contribution in [-0.4, -0.2) is 40.6 Å². The number of Topliss-reactive ketones (excluding diaryl/α,β-unsaturated/α-hetero) is 1. The number of carbonyl (C=O) groups is 2. The molecule has 0 aliphatic rings. The van der Waals surface area contributed by atoms with Gasteiger partial charge in [-0.3, -0.25) is 19.0 Å². The van der Waals surface area contributed by atoms with Gasteiger partial charge in [-0.15, -0.1) is 0 Å². The lowest BCUT2D eigenvalue weighted by Gasteiger charge is -2.14. The number of methoxy groups -OCH3 is 1. The number of nitrogens with one attached hydrogen (secondary N) is 1. The maximum Gasteiger partial charge on any atom is 0.266 e. The third-order valence-corrected chi connectivity index (χ3v) is 6.81. The lowest BCUT2D eigenvalue weighted by Crippen LogP contribution is -2.26. The van der Waals surface area contributed by atoms with Crippen LogP contribution in [0, 0.1) is 5.92 Å². The molecular formula is C29H29N3O4S. The van der Waals surface area contributed by atoms with E-state index < -0.39 is 0 Å². The highest BCUT2D eigenvalue weighted by atomic mass is 32.2. The molecule has 0 spiro atoms. The minimum absolute atomic E-state index is 0.0699. The van der Waals surface area contributed by atoms with E-state index in [1.165, 1.54) is 16.3 Å². The number of nitrogens with zero attached hydrogens (tertiary/aromatic N) is 2. The summed E-state index contributed by atoms with van der Waals surface area (Å²) in [5.41, 5.74) is 1.75. The molecule has 37 heavy (non-hydrogen) atoms. The Balaban J connectivity index is 1.73. The van der Waals surface area contributed by atoms with E-state index in [2.05, 4.69) is 19.2 Å². The summed E-state index contributed by atoms with van der Waals surface area (Å²) in [4.78, 5) is 43.8. The molecule has 0 saturated heterocycles. The van der Waals surface area contributed by atoms with E-state index in [0.717, 1.165) is 6.42 Å². The van der Waals surface area contributed by atoms with Crippen LogP contribution in [0.3, 0.4) is 0 Å². The second-order valence-corrected chi connectivity index (χ2v) is 9.92. The lowest BCUT2D eigenvalue weighted by molar-refractivity contribution is 0.0951. The van der Waals surface area contributed by atoms with Crippen LogP contribution in [0.1, 0.15) is 41.0 Å². The first-order valence-corrected chi connectivity index (χ1v) is 13.1. The van der Waals surface area contributed by atoms with Gasteiger partial charge >= 0.3 is 0 Å². The predicted octanol–water partition coefficient (Wildman–Crippen LogP) is 5.15. The number of rotatable bonds is 10. The summed E-state index contributed by atoms with van der Waals surface area (Å²) in [5.74, 6) is 0.963. The van der Waals surface area contributed by atoms with E-state index in [0.29, 0.717) is 51.1 Å². The van der Waals surface area contributed by atoms with Crippen LogP contribution in [0.25, 0.3) is 16.6 Å². The predicted molar refractivity (Wildman–Crippen MR) is 147 cm³/mol. The molecular weight excluding hydrogens is 486 g/mol. The van der Waals surface area contributed by atoms with E-state index >= 15 is 0 Å². The Morgan fingerprint density at radius 3 is 2.41 bits per heavy atom. The van der Waals surface area contributed by atoms with Gasteiger partial charge in [-0.1, -0.05) is 55.9 Å². The van der Waals surface area contributed by atoms with Crippen molar-refractivity contribution in [2.24, 2.45) is 5.92 Å². The molecule has 1 heterocycles. The first kappa shape index (κ1) is 26.2. The van der Waals surface area contributed by atoms with Gasteiger partial charge in [-0.25, -0.2) is 4.98 Å². The number of thioether (sulfide) groups is 1. The number of fused-ring (bicyclic) bond motifs is 1. The molecule has 0 unspecified atom stereocenters. The Bertz CT molecular complexity index is 1460. The Kier molecular flexibility index (Phi) is 8.40. The van der Waals surface area contributed by atoms with Crippen LogP contribution in [0.2, 0.25) is 0 Å². The SMILES string of the molecule is COc1ccc(-n2c(SCC(=O)c3ccccc3)nc3cc(C(=O)NCCC(C)C)ccc3c2=O)cc1. The number of amides is 1. The van der Waals surface area contributed by atoms with E-state index in [1.807, 2.05) is 18.2 Å². The fraction of sp³-hybridized carbons (Fsp3) is 0.241. The summed E-state index contributed by atoms with van der Waals surface area (Å²) in [5, 5.41) is 3.67. The van der Waals surface area contributed by atoms with Crippen LogP contribution in [0.15, 0.2) is 82.7 Å². The number of hydrogen-bond acceptors (Lipinski definition) is 6. The fourth-order valence-electron chi connectivity index (χ4n) is 3.78. The summed E-state index contributed by atoms with van der Waals surface area (Å²) in [6.07, 6.45) is 0.875. The minimum atomic E-state index is -0.281. The molecule has 7 nitrogen and oxygen atoms in total. The molecule has 4 aromatic rings. The molecule has 8 heteroatoms. The minimum Gasteiger partial charge on any atom is -0.497 e. The maximum atomic E-state index is 13.6. The summed E-state index contributed by atoms with van der Waals surface area (Å²) in [7, 11) is 1.58. The normalized spacial score (nSPS) is 11.0. The zero-order chi connectivity index (χ0) is 26.4. The second kappa shape index (κ2) is 11.9. The van der Waals surface area contributed by atoms with Gasteiger partial charge in [0, 0.05) is 17.7 Å². The zero-order valence-corrected chi connectivity index (χ0v) is 21.9. The topological polar surface area (TPSA) is 90.3 Å². The largest absolute Gasteiger partial charge is 0.497 e. The van der Waals surface area contributed by atoms with E-state index in [4.69, 9.17) is 9.72 Å². The van der Waals surface area contributed by atoms with Crippen LogP contribution in [0.4, 0.5) is 0 Å². The van der Waals surface area contributed by atoms with Crippen molar-refractivity contribution < 1.29 is 14.3 Å². The van der Waals surface area contributed by atoms with E-state index in [1.54, 1.807) is 61.7 Å². The molecule has 0 bridgehead atoms. The van der Waals surface area contributed by atoms with Gasteiger partial charge in [0.15, 0.2) is 10.9 Å². The molecule has 0 radical (unpaired) electrons. The number of benzene rings is 3. The molecule has 1 N–H and O–H groups in total. The summed E-state index contributed by atoms with van der Waals surface area (Å²) < 4.78 is 6.74. The standard InChI is InChI=1S/C29H29N3O4S/c1-19(2)15-16-30-27(34)21-9-14-24-25(17-21)31-29(37-18-26(33)20-7-5-4-6-8-20)32(28(24)35)22-10-12-23(36-3)13-11-22/h4-14,17,19H,15-16,18H2,1-3H3,(H,30,34). The highest BCUT2D eigenvalue weighted by Crippen LogP contribution is 2.24. The third-order valence-electron chi connectivity index (χ3n) is 5.87. The molecule has 3 aromatic carbocycles. The van der Waals surface area contributed by atoms with Crippen molar-refractivity contribution in [3.63, 3.8) is 0 Å². The maximum absolute atomic E-state index is 13.6. The molecule has 0 aliphatic carbocycles. The quantitative estimate of drug-likeness (QED) is 0.179. The molecule has 0 aliphatic heterocycles. The summed E-state index contributed by atoms with van der Waals surface area (Å²) >= 11 is 1.19. The number of carbonyl (C=O) groups excluding carboxylic acids is 2. The third kappa shape index (κ3) is 6.27. The van der Waals surface area contributed by atoms with Crippen molar-refractivity contribution in [3.8, 4) is 11.4 Å². The first-order valence-electron chi connectivity index (χ1n) is 12.1. The molecule has 1 amide bonds. The van der Waals surface area contributed by atoms with Gasteiger partial charge < -0.3 is 10.1 Å². The van der Waals surface area contributed by atoms with Gasteiger partial charge in [0.05, 0.1) is 29.5 Å².